The molecular weight excluding hydrogens is 424 g/mol. The Hall–Kier alpha value is -3.57. The molecule has 0 fully saturated rings. The lowest BCUT2D eigenvalue weighted by Crippen LogP contribution is -1.83. The van der Waals surface area contributed by atoms with E-state index in [4.69, 9.17) is 0 Å². The van der Waals surface area contributed by atoms with Crippen LogP contribution in [0.4, 0.5) is 22.7 Å². The van der Waals surface area contributed by atoms with Gasteiger partial charge in [0.15, 0.2) is 0 Å². The summed E-state index contributed by atoms with van der Waals surface area (Å²) >= 11 is 1.89. The topological polar surface area (TPSA) is 49.4 Å². The Morgan fingerprint density at radius 2 is 0.697 bits per heavy atom. The van der Waals surface area contributed by atoms with Crippen molar-refractivity contribution in [3.8, 4) is 0 Å². The Morgan fingerprint density at radius 1 is 0.424 bits per heavy atom. The molecule has 0 N–H and O–H groups in total. The van der Waals surface area contributed by atoms with Gasteiger partial charge in [-0.25, -0.2) is 0 Å². The Bertz CT molecular complexity index is 1110. The average Bonchev–Trinajstić information content (AvgIpc) is 2.85. The van der Waals surface area contributed by atoms with Crippen LogP contribution in [0.15, 0.2) is 118 Å². The lowest BCUT2D eigenvalue weighted by molar-refractivity contribution is 1.22. The van der Waals surface area contributed by atoms with Gasteiger partial charge in [-0.1, -0.05) is 59.7 Å². The van der Waals surface area contributed by atoms with Crippen molar-refractivity contribution in [1.82, 2.24) is 0 Å². The molecule has 5 heteroatoms. The first-order valence-electron chi connectivity index (χ1n) is 10.9. The highest BCUT2D eigenvalue weighted by molar-refractivity contribution is 7.97. The molecule has 0 bridgehead atoms. The number of nitrogens with zero attached hydrogens (tertiary/aromatic N) is 4. The second-order valence-corrected chi connectivity index (χ2v) is 8.88. The van der Waals surface area contributed by atoms with Crippen LogP contribution in [-0.2, 0) is 11.5 Å². The van der Waals surface area contributed by atoms with Crippen LogP contribution in [-0.4, -0.2) is 0 Å². The SMILES string of the molecule is Cc1ccc(N=Nc2ccc(CSCc3ccc(N=Nc4ccc(C)cc4)cc3)cc2)cc1. The number of hydrogen-bond donors (Lipinski definition) is 0. The quantitative estimate of drug-likeness (QED) is 0.246. The van der Waals surface area contributed by atoms with Crippen LogP contribution in [0.3, 0.4) is 0 Å². The first kappa shape index (κ1) is 22.6. The zero-order valence-electron chi connectivity index (χ0n) is 18.8. The summed E-state index contributed by atoms with van der Waals surface area (Å²) in [6, 6.07) is 32.6. The highest BCUT2D eigenvalue weighted by Crippen LogP contribution is 2.24. The fourth-order valence-electron chi connectivity index (χ4n) is 3.06. The van der Waals surface area contributed by atoms with Crippen LogP contribution in [0.1, 0.15) is 22.3 Å². The van der Waals surface area contributed by atoms with Gasteiger partial charge in [0.2, 0.25) is 0 Å². The van der Waals surface area contributed by atoms with Gasteiger partial charge in [0.1, 0.15) is 0 Å². The van der Waals surface area contributed by atoms with Gasteiger partial charge >= 0.3 is 0 Å². The number of hydrogen-bond acceptors (Lipinski definition) is 5. The molecule has 0 saturated carbocycles. The fourth-order valence-corrected chi connectivity index (χ4v) is 4.02. The molecule has 0 heterocycles. The van der Waals surface area contributed by atoms with E-state index in [2.05, 4.69) is 58.6 Å². The Kier molecular flexibility index (Phi) is 7.77. The summed E-state index contributed by atoms with van der Waals surface area (Å²) in [5.41, 5.74) is 8.44. The summed E-state index contributed by atoms with van der Waals surface area (Å²) < 4.78 is 0. The average molecular weight is 451 g/mol. The molecule has 164 valence electrons. The van der Waals surface area contributed by atoms with E-state index in [1.165, 1.54) is 22.3 Å². The summed E-state index contributed by atoms with van der Waals surface area (Å²) in [6.45, 7) is 4.12. The molecule has 33 heavy (non-hydrogen) atoms. The minimum absolute atomic E-state index is 0.861. The van der Waals surface area contributed by atoms with Crippen molar-refractivity contribution in [3.63, 3.8) is 0 Å². The zero-order chi connectivity index (χ0) is 22.9. The normalized spacial score (nSPS) is 11.5. The summed E-state index contributed by atoms with van der Waals surface area (Å²) in [6.07, 6.45) is 0. The van der Waals surface area contributed by atoms with Gasteiger partial charge in [-0.2, -0.15) is 32.2 Å². The molecule has 0 aliphatic rings. The van der Waals surface area contributed by atoms with E-state index in [1.807, 2.05) is 84.6 Å². The van der Waals surface area contributed by atoms with Crippen LogP contribution in [0.25, 0.3) is 0 Å². The molecule has 4 aromatic rings. The molecule has 0 aromatic heterocycles. The van der Waals surface area contributed by atoms with E-state index in [1.54, 1.807) is 0 Å². The van der Waals surface area contributed by atoms with Gasteiger partial charge in [0, 0.05) is 11.5 Å². The maximum atomic E-state index is 4.32. The minimum Gasteiger partial charge on any atom is -0.152 e. The summed E-state index contributed by atoms with van der Waals surface area (Å²) in [5.74, 6) is 1.90. The van der Waals surface area contributed by atoms with E-state index in [9.17, 15) is 0 Å². The van der Waals surface area contributed by atoms with Crippen LogP contribution in [0.5, 0.6) is 0 Å². The number of azo groups is 2. The number of rotatable bonds is 8. The number of benzene rings is 4. The van der Waals surface area contributed by atoms with E-state index in [-0.39, 0.29) is 0 Å². The third-order valence-electron chi connectivity index (χ3n) is 5.04. The number of aryl methyl sites for hydroxylation is 2. The molecule has 0 saturated heterocycles. The first-order valence-corrected chi connectivity index (χ1v) is 12.0. The highest BCUT2D eigenvalue weighted by atomic mass is 32.2. The van der Waals surface area contributed by atoms with Gasteiger partial charge in [0.05, 0.1) is 22.7 Å². The lowest BCUT2D eigenvalue weighted by atomic mass is 10.2. The highest BCUT2D eigenvalue weighted by Gasteiger charge is 1.99. The lowest BCUT2D eigenvalue weighted by Gasteiger charge is -2.03. The third kappa shape index (κ3) is 7.22. The predicted molar refractivity (Wildman–Crippen MR) is 139 cm³/mol. The summed E-state index contributed by atoms with van der Waals surface area (Å²) in [4.78, 5) is 0. The van der Waals surface area contributed by atoms with Gasteiger partial charge in [-0.15, -0.1) is 0 Å². The van der Waals surface area contributed by atoms with Gasteiger partial charge in [-0.3, -0.25) is 0 Å². The first-order chi connectivity index (χ1) is 16.1. The van der Waals surface area contributed by atoms with E-state index in [0.717, 1.165) is 34.3 Å². The zero-order valence-corrected chi connectivity index (χ0v) is 19.7. The molecule has 0 aliphatic carbocycles. The van der Waals surface area contributed by atoms with Crippen molar-refractivity contribution in [1.29, 1.82) is 0 Å². The van der Waals surface area contributed by atoms with Gasteiger partial charge < -0.3 is 0 Å². The molecule has 0 spiro atoms. The second-order valence-electron chi connectivity index (χ2n) is 7.90. The van der Waals surface area contributed by atoms with E-state index < -0.39 is 0 Å². The third-order valence-corrected chi connectivity index (χ3v) is 6.11. The molecule has 4 rings (SSSR count). The van der Waals surface area contributed by atoms with Gasteiger partial charge in [0.25, 0.3) is 0 Å². The maximum absolute atomic E-state index is 4.32. The maximum Gasteiger partial charge on any atom is 0.0857 e. The molecular formula is C28H26N4S. The summed E-state index contributed by atoms with van der Waals surface area (Å²) in [5, 5.41) is 17.2. The Balaban J connectivity index is 1.24. The second kappa shape index (κ2) is 11.3. The van der Waals surface area contributed by atoms with Crippen LogP contribution >= 0.6 is 11.8 Å². The summed E-state index contributed by atoms with van der Waals surface area (Å²) in [7, 11) is 0. The molecule has 0 amide bonds. The molecule has 0 atom stereocenters. The predicted octanol–water partition coefficient (Wildman–Crippen LogP) is 9.57. The minimum atomic E-state index is 0.861. The van der Waals surface area contributed by atoms with Crippen molar-refractivity contribution in [3.05, 3.63) is 119 Å². The van der Waals surface area contributed by atoms with Crippen molar-refractivity contribution < 1.29 is 0 Å². The fraction of sp³-hybridized carbons (Fsp3) is 0.143. The van der Waals surface area contributed by atoms with E-state index in [0.29, 0.717) is 0 Å². The van der Waals surface area contributed by atoms with Crippen molar-refractivity contribution >= 4 is 34.5 Å². The Labute approximate surface area is 199 Å². The largest absolute Gasteiger partial charge is 0.152 e. The molecule has 0 aliphatic heterocycles. The van der Waals surface area contributed by atoms with Crippen LogP contribution in [0.2, 0.25) is 0 Å². The molecule has 4 nitrogen and oxygen atoms in total. The standard InChI is InChI=1S/C28H26N4S/c1-21-3-11-25(12-4-21)29-31-27-15-7-23(8-16-27)19-33-20-24-9-17-28(18-10-24)32-30-26-13-5-22(2)6-14-26/h3-18H,19-20H2,1-2H3. The van der Waals surface area contributed by atoms with Crippen LogP contribution in [0, 0.1) is 13.8 Å². The van der Waals surface area contributed by atoms with Crippen molar-refractivity contribution in [2.75, 3.05) is 0 Å². The van der Waals surface area contributed by atoms with E-state index >= 15 is 0 Å². The van der Waals surface area contributed by atoms with Crippen molar-refractivity contribution in [2.45, 2.75) is 25.4 Å². The Morgan fingerprint density at radius 3 is 1.00 bits per heavy atom. The van der Waals surface area contributed by atoms with Crippen LogP contribution < -0.4 is 0 Å². The number of thioether (sulfide) groups is 1. The molecule has 4 aromatic carbocycles. The van der Waals surface area contributed by atoms with Gasteiger partial charge in [-0.05, 0) is 73.5 Å². The monoisotopic (exact) mass is 450 g/mol. The molecule has 0 unspecified atom stereocenters. The molecule has 0 radical (unpaired) electrons. The van der Waals surface area contributed by atoms with Crippen molar-refractivity contribution in [2.24, 2.45) is 20.5 Å². The smallest absolute Gasteiger partial charge is 0.0857 e.